The van der Waals surface area contributed by atoms with Crippen LogP contribution >= 0.6 is 0 Å². The minimum absolute atomic E-state index is 0.0857. The van der Waals surface area contributed by atoms with Crippen molar-refractivity contribution in [1.82, 2.24) is 20.4 Å². The van der Waals surface area contributed by atoms with E-state index < -0.39 is 58.6 Å². The van der Waals surface area contributed by atoms with E-state index in [1.807, 2.05) is 20.8 Å². The molecule has 12 heteroatoms. The van der Waals surface area contributed by atoms with Crippen LogP contribution < -0.4 is 10.6 Å². The standard InChI is InChI=1S/C41H60N4O8/c1-39(2,3)35(43-38(52)53-40(4,5)6)37(51)45-23-27-31(41(27,7)8)33(45)29(47)22-26(21-24-15-14-16-24)34(49)28(46)19-20-30(48)42-32(36(50)44(9)10)25-17-12-11-13-18-25/h11-13,17-18,24,26-27,31-33,35H,14-16,19-23H2,1-10H3,(H,42,48)(H,43,52)/t26?,27-,31-,32-,33+,35+/m0/s1. The van der Waals surface area contributed by atoms with Gasteiger partial charge >= 0.3 is 6.09 Å². The quantitative estimate of drug-likeness (QED) is 0.237. The molecule has 12 nitrogen and oxygen atoms in total. The molecule has 0 aromatic heterocycles. The van der Waals surface area contributed by atoms with E-state index in [1.54, 1.807) is 70.1 Å². The fourth-order valence-electron chi connectivity index (χ4n) is 7.90. The molecule has 2 aliphatic carbocycles. The van der Waals surface area contributed by atoms with E-state index in [4.69, 9.17) is 4.74 Å². The molecule has 1 aromatic rings. The number of likely N-dealkylation sites (N-methyl/N-ethyl adjacent to an activating group) is 1. The molecule has 6 atom stereocenters. The summed E-state index contributed by atoms with van der Waals surface area (Å²) in [5.41, 5.74) is -1.07. The largest absolute Gasteiger partial charge is 0.444 e. The van der Waals surface area contributed by atoms with Gasteiger partial charge in [0.1, 0.15) is 17.7 Å². The molecule has 1 heterocycles. The Morgan fingerprint density at radius 3 is 2.08 bits per heavy atom. The summed E-state index contributed by atoms with van der Waals surface area (Å²) in [5, 5.41) is 5.47. The zero-order chi connectivity index (χ0) is 39.6. The van der Waals surface area contributed by atoms with Gasteiger partial charge in [-0.15, -0.1) is 0 Å². The average Bonchev–Trinajstić information content (AvgIpc) is 3.35. The van der Waals surface area contributed by atoms with Gasteiger partial charge in [-0.1, -0.05) is 84.2 Å². The van der Waals surface area contributed by atoms with Gasteiger partial charge in [0.15, 0.2) is 11.6 Å². The number of ketones is 3. The zero-order valence-electron chi connectivity index (χ0n) is 33.2. The van der Waals surface area contributed by atoms with E-state index in [1.165, 1.54) is 4.90 Å². The van der Waals surface area contributed by atoms with Crippen LogP contribution in [0.3, 0.4) is 0 Å². The average molecular weight is 737 g/mol. The molecule has 53 heavy (non-hydrogen) atoms. The summed E-state index contributed by atoms with van der Waals surface area (Å²) in [6.07, 6.45) is 1.66. The van der Waals surface area contributed by atoms with Crippen molar-refractivity contribution >= 4 is 41.2 Å². The lowest BCUT2D eigenvalue weighted by Crippen LogP contribution is -2.58. The number of nitrogens with zero attached hydrogens (tertiary/aromatic N) is 2. The van der Waals surface area contributed by atoms with Gasteiger partial charge in [-0.3, -0.25) is 28.8 Å². The third-order valence-corrected chi connectivity index (χ3v) is 11.2. The minimum atomic E-state index is -0.970. The number of alkyl carbamates (subject to hydrolysis) is 1. The maximum Gasteiger partial charge on any atom is 0.408 e. The number of carbonyl (C=O) groups is 7. The van der Waals surface area contributed by atoms with Gasteiger partial charge in [0.05, 0.1) is 6.04 Å². The summed E-state index contributed by atoms with van der Waals surface area (Å²) < 4.78 is 5.46. The van der Waals surface area contributed by atoms with Crippen molar-refractivity contribution in [2.45, 2.75) is 124 Å². The van der Waals surface area contributed by atoms with Crippen molar-refractivity contribution < 1.29 is 38.3 Å². The van der Waals surface area contributed by atoms with E-state index in [-0.39, 0.29) is 60.0 Å². The molecule has 0 radical (unpaired) electrons. The third kappa shape index (κ3) is 10.1. The fourth-order valence-corrected chi connectivity index (χ4v) is 7.90. The highest BCUT2D eigenvalue weighted by molar-refractivity contribution is 6.38. The molecule has 0 spiro atoms. The van der Waals surface area contributed by atoms with E-state index in [0.29, 0.717) is 18.5 Å². The van der Waals surface area contributed by atoms with Crippen LogP contribution in [0.15, 0.2) is 30.3 Å². The lowest BCUT2D eigenvalue weighted by Gasteiger charge is -2.38. The van der Waals surface area contributed by atoms with Crippen LogP contribution in [0.5, 0.6) is 0 Å². The maximum atomic E-state index is 14.4. The van der Waals surface area contributed by atoms with Gasteiger partial charge in [-0.2, -0.15) is 0 Å². The fraction of sp³-hybridized carbons (Fsp3) is 0.683. The number of likely N-dealkylation sites (tertiary alicyclic amines) is 1. The first-order valence-corrected chi connectivity index (χ1v) is 19.0. The minimum Gasteiger partial charge on any atom is -0.444 e. The molecule has 1 unspecified atom stereocenters. The molecule has 0 bridgehead atoms. The van der Waals surface area contributed by atoms with Crippen LogP contribution in [-0.2, 0) is 33.5 Å². The molecule has 4 amide bonds. The highest BCUT2D eigenvalue weighted by atomic mass is 16.6. The van der Waals surface area contributed by atoms with E-state index >= 15 is 0 Å². The number of rotatable bonds is 15. The number of Topliss-reactive ketones (excluding diaryl/α,β-unsaturated/α-hetero) is 3. The summed E-state index contributed by atoms with van der Waals surface area (Å²) in [6.45, 7) is 15.2. The van der Waals surface area contributed by atoms with Crippen molar-refractivity contribution in [3.05, 3.63) is 35.9 Å². The zero-order valence-corrected chi connectivity index (χ0v) is 33.2. The molecule has 1 aromatic carbocycles. The molecule has 1 aliphatic heterocycles. The van der Waals surface area contributed by atoms with Gasteiger partial charge < -0.3 is 25.2 Å². The molecule has 2 N–H and O–H groups in total. The summed E-state index contributed by atoms with van der Waals surface area (Å²) in [5.74, 6) is -3.61. The van der Waals surface area contributed by atoms with E-state index in [2.05, 4.69) is 24.5 Å². The number of ether oxygens (including phenoxy) is 1. The van der Waals surface area contributed by atoms with Gasteiger partial charge in [-0.25, -0.2) is 4.79 Å². The number of hydrogen-bond acceptors (Lipinski definition) is 8. The number of carbonyl (C=O) groups excluding carboxylic acids is 7. The van der Waals surface area contributed by atoms with Crippen molar-refractivity contribution in [2.24, 2.45) is 34.5 Å². The summed E-state index contributed by atoms with van der Waals surface area (Å²) in [7, 11) is 3.18. The first-order valence-electron chi connectivity index (χ1n) is 19.0. The van der Waals surface area contributed by atoms with Crippen molar-refractivity contribution in [3.63, 3.8) is 0 Å². The molecule has 3 aliphatic rings. The third-order valence-electron chi connectivity index (χ3n) is 11.2. The number of fused-ring (bicyclic) bond motifs is 1. The molecular formula is C41H60N4O8. The van der Waals surface area contributed by atoms with Gasteiger partial charge in [-0.05, 0) is 61.3 Å². The van der Waals surface area contributed by atoms with Crippen LogP contribution in [0.25, 0.3) is 0 Å². The number of amides is 4. The Morgan fingerprint density at radius 2 is 1.55 bits per heavy atom. The number of hydrogen-bond donors (Lipinski definition) is 2. The van der Waals surface area contributed by atoms with Crippen molar-refractivity contribution in [2.75, 3.05) is 20.6 Å². The Balaban J connectivity index is 1.48. The van der Waals surface area contributed by atoms with Gasteiger partial charge in [0, 0.05) is 45.8 Å². The van der Waals surface area contributed by atoms with Crippen LogP contribution in [0.4, 0.5) is 4.79 Å². The van der Waals surface area contributed by atoms with E-state index in [0.717, 1.165) is 19.3 Å². The van der Waals surface area contributed by atoms with Crippen LogP contribution in [0.2, 0.25) is 0 Å². The first kappa shape index (κ1) is 41.7. The highest BCUT2D eigenvalue weighted by Crippen LogP contribution is 2.65. The highest BCUT2D eigenvalue weighted by Gasteiger charge is 2.69. The first-order chi connectivity index (χ1) is 24.5. The molecule has 1 saturated heterocycles. The molecule has 4 rings (SSSR count). The molecule has 3 fully saturated rings. The summed E-state index contributed by atoms with van der Waals surface area (Å²) in [6, 6.07) is 6.07. The Labute approximate surface area is 314 Å². The predicted molar refractivity (Wildman–Crippen MR) is 199 cm³/mol. The second kappa shape index (κ2) is 16.1. The monoisotopic (exact) mass is 736 g/mol. The van der Waals surface area contributed by atoms with Crippen molar-refractivity contribution in [3.8, 4) is 0 Å². The maximum absolute atomic E-state index is 14.4. The molecule has 292 valence electrons. The topological polar surface area (TPSA) is 159 Å². The Hall–Kier alpha value is -4.09. The van der Waals surface area contributed by atoms with Crippen LogP contribution in [-0.4, -0.2) is 89.3 Å². The predicted octanol–water partition coefficient (Wildman–Crippen LogP) is 5.04. The summed E-state index contributed by atoms with van der Waals surface area (Å²) in [4.78, 5) is 97.5. The second-order valence-electron chi connectivity index (χ2n) is 18.2. The number of benzene rings is 1. The Kier molecular flexibility index (Phi) is 12.7. The smallest absolute Gasteiger partial charge is 0.408 e. The van der Waals surface area contributed by atoms with E-state index in [9.17, 15) is 33.6 Å². The van der Waals surface area contributed by atoms with Crippen LogP contribution in [0, 0.1) is 34.5 Å². The lowest BCUT2D eigenvalue weighted by molar-refractivity contribution is -0.145. The number of piperidine rings is 1. The molecule has 2 saturated carbocycles. The van der Waals surface area contributed by atoms with Crippen LogP contribution in [0.1, 0.15) is 112 Å². The second-order valence-corrected chi connectivity index (χ2v) is 18.2. The Morgan fingerprint density at radius 1 is 0.925 bits per heavy atom. The SMILES string of the molecule is CN(C)C(=O)[C@@H](NC(=O)CCC(=O)C(=O)C(CC(=O)[C@@H]1[C@@H]2[C@H](CN1C(=O)[C@@H](NC(=O)OC(C)(C)C)C(C)(C)C)C2(C)C)CC1CCC1)c1ccccc1. The van der Waals surface area contributed by atoms with Gasteiger partial charge in [0.2, 0.25) is 23.5 Å². The molecular weight excluding hydrogens is 676 g/mol. The number of nitrogens with one attached hydrogen (secondary N) is 2. The normalized spacial score (nSPS) is 22.3. The van der Waals surface area contributed by atoms with Gasteiger partial charge in [0.25, 0.3) is 0 Å². The summed E-state index contributed by atoms with van der Waals surface area (Å²) >= 11 is 0. The lowest BCUT2D eigenvalue weighted by atomic mass is 9.75. The Bertz CT molecular complexity index is 1570. The van der Waals surface area contributed by atoms with Crippen molar-refractivity contribution in [1.29, 1.82) is 0 Å².